The van der Waals surface area contributed by atoms with Crippen LogP contribution < -0.4 is 10.1 Å². The van der Waals surface area contributed by atoms with E-state index in [1.54, 1.807) is 30.2 Å². The number of benzene rings is 1. The van der Waals surface area contributed by atoms with Crippen LogP contribution in [-0.2, 0) is 9.59 Å². The second-order valence-corrected chi connectivity index (χ2v) is 7.61. The largest absolute Gasteiger partial charge is 0.495 e. The van der Waals surface area contributed by atoms with Crippen molar-refractivity contribution in [3.63, 3.8) is 0 Å². The molecule has 1 fully saturated rings. The van der Waals surface area contributed by atoms with Crippen LogP contribution in [0.5, 0.6) is 5.75 Å². The van der Waals surface area contributed by atoms with E-state index in [9.17, 15) is 9.59 Å². The lowest BCUT2D eigenvalue weighted by molar-refractivity contribution is -0.142. The molecule has 1 aliphatic heterocycles. The van der Waals surface area contributed by atoms with Gasteiger partial charge in [0.2, 0.25) is 11.8 Å². The van der Waals surface area contributed by atoms with E-state index in [-0.39, 0.29) is 17.7 Å². The third-order valence-corrected chi connectivity index (χ3v) is 4.38. The van der Waals surface area contributed by atoms with Crippen molar-refractivity contribution in [2.75, 3.05) is 25.5 Å². The zero-order valence-corrected chi connectivity index (χ0v) is 15.4. The topological polar surface area (TPSA) is 58.6 Å². The number of carbonyl (C=O) groups is 2. The fraction of sp³-hybridized carbons (Fsp3) is 0.556. The van der Waals surface area contributed by atoms with Gasteiger partial charge in [-0.25, -0.2) is 0 Å². The molecule has 1 heterocycles. The number of amides is 2. The first-order valence-corrected chi connectivity index (χ1v) is 8.54. The summed E-state index contributed by atoms with van der Waals surface area (Å²) < 4.78 is 5.25. The smallest absolute Gasteiger partial charge is 0.229 e. The molecule has 0 bridgehead atoms. The standard InChI is InChI=1S/C18H25ClN2O3/c1-18(2,3)17(23)21-9-5-6-12(11-21)16(22)20-14-10-13(19)7-8-15(14)24-4/h7-8,10,12H,5-6,9,11H2,1-4H3,(H,20,22). The zero-order chi connectivity index (χ0) is 17.9. The molecule has 0 aliphatic carbocycles. The highest BCUT2D eigenvalue weighted by Crippen LogP contribution is 2.29. The number of halogens is 1. The Morgan fingerprint density at radius 1 is 1.33 bits per heavy atom. The van der Waals surface area contributed by atoms with Crippen molar-refractivity contribution in [2.24, 2.45) is 11.3 Å². The van der Waals surface area contributed by atoms with Gasteiger partial charge in [0.15, 0.2) is 0 Å². The second kappa shape index (κ2) is 7.43. The molecular formula is C18H25ClN2O3. The molecule has 24 heavy (non-hydrogen) atoms. The van der Waals surface area contributed by atoms with Gasteiger partial charge < -0.3 is 15.0 Å². The van der Waals surface area contributed by atoms with Crippen LogP contribution in [0.25, 0.3) is 0 Å². The van der Waals surface area contributed by atoms with Crippen molar-refractivity contribution in [1.29, 1.82) is 0 Å². The number of nitrogens with one attached hydrogen (secondary N) is 1. The Kier molecular flexibility index (Phi) is 5.75. The van der Waals surface area contributed by atoms with Gasteiger partial charge in [-0.15, -0.1) is 0 Å². The van der Waals surface area contributed by atoms with Gasteiger partial charge in [-0.3, -0.25) is 9.59 Å². The number of methoxy groups -OCH3 is 1. The highest BCUT2D eigenvalue weighted by molar-refractivity contribution is 6.31. The van der Waals surface area contributed by atoms with Gasteiger partial charge in [0, 0.05) is 23.5 Å². The molecule has 132 valence electrons. The van der Waals surface area contributed by atoms with E-state index in [0.29, 0.717) is 29.5 Å². The number of anilines is 1. The fourth-order valence-corrected chi connectivity index (χ4v) is 3.03. The number of carbonyl (C=O) groups excluding carboxylic acids is 2. The van der Waals surface area contributed by atoms with Gasteiger partial charge in [-0.1, -0.05) is 32.4 Å². The molecule has 1 unspecified atom stereocenters. The van der Waals surface area contributed by atoms with Gasteiger partial charge >= 0.3 is 0 Å². The molecule has 6 heteroatoms. The predicted octanol–water partition coefficient (Wildman–Crippen LogP) is 3.57. The molecule has 5 nitrogen and oxygen atoms in total. The minimum Gasteiger partial charge on any atom is -0.495 e. The quantitative estimate of drug-likeness (QED) is 0.904. The van der Waals surface area contributed by atoms with Crippen molar-refractivity contribution in [1.82, 2.24) is 4.90 Å². The first kappa shape index (κ1) is 18.6. The minimum atomic E-state index is -0.436. The van der Waals surface area contributed by atoms with Crippen LogP contribution >= 0.6 is 11.6 Å². The summed E-state index contributed by atoms with van der Waals surface area (Å²) in [6.45, 7) is 6.85. The molecule has 1 aromatic rings. The number of hydrogen-bond acceptors (Lipinski definition) is 3. The molecule has 1 saturated heterocycles. The van der Waals surface area contributed by atoms with Gasteiger partial charge in [-0.05, 0) is 31.0 Å². The number of hydrogen-bond donors (Lipinski definition) is 1. The molecule has 0 saturated carbocycles. The summed E-state index contributed by atoms with van der Waals surface area (Å²) in [6, 6.07) is 5.09. The lowest BCUT2D eigenvalue weighted by Crippen LogP contribution is -2.47. The van der Waals surface area contributed by atoms with Crippen LogP contribution in [-0.4, -0.2) is 36.9 Å². The lowest BCUT2D eigenvalue weighted by atomic mass is 9.91. The highest BCUT2D eigenvalue weighted by Gasteiger charge is 2.33. The predicted molar refractivity (Wildman–Crippen MR) is 95.4 cm³/mol. The lowest BCUT2D eigenvalue weighted by Gasteiger charge is -2.35. The number of likely N-dealkylation sites (tertiary alicyclic amines) is 1. The minimum absolute atomic E-state index is 0.0836. The molecule has 1 aromatic carbocycles. The highest BCUT2D eigenvalue weighted by atomic mass is 35.5. The summed E-state index contributed by atoms with van der Waals surface area (Å²) in [7, 11) is 1.54. The first-order valence-electron chi connectivity index (χ1n) is 8.16. The number of ether oxygens (including phenoxy) is 1. The van der Waals surface area contributed by atoms with Crippen LogP contribution in [0.3, 0.4) is 0 Å². The van der Waals surface area contributed by atoms with E-state index in [1.165, 1.54) is 0 Å². The third-order valence-electron chi connectivity index (χ3n) is 4.14. The maximum atomic E-state index is 12.6. The third kappa shape index (κ3) is 4.41. The number of piperidine rings is 1. The van der Waals surface area contributed by atoms with E-state index >= 15 is 0 Å². The summed E-state index contributed by atoms with van der Waals surface area (Å²) in [4.78, 5) is 26.9. The maximum absolute atomic E-state index is 12.6. The van der Waals surface area contributed by atoms with Crippen LogP contribution in [0.2, 0.25) is 5.02 Å². The van der Waals surface area contributed by atoms with Crippen molar-refractivity contribution in [3.05, 3.63) is 23.2 Å². The Labute approximate surface area is 148 Å². The van der Waals surface area contributed by atoms with Gasteiger partial charge in [-0.2, -0.15) is 0 Å². The molecule has 1 N–H and O–H groups in total. The molecule has 0 aromatic heterocycles. The first-order chi connectivity index (χ1) is 11.2. The van der Waals surface area contributed by atoms with E-state index < -0.39 is 5.41 Å². The summed E-state index contributed by atoms with van der Waals surface area (Å²) in [5, 5.41) is 3.41. The maximum Gasteiger partial charge on any atom is 0.229 e. The van der Waals surface area contributed by atoms with Crippen LogP contribution in [0.4, 0.5) is 5.69 Å². The average Bonchev–Trinajstić information content (AvgIpc) is 2.53. The molecule has 1 aliphatic rings. The Balaban J connectivity index is 2.07. The zero-order valence-electron chi connectivity index (χ0n) is 14.7. The van der Waals surface area contributed by atoms with Gasteiger partial charge in [0.1, 0.15) is 5.75 Å². The average molecular weight is 353 g/mol. The Morgan fingerprint density at radius 3 is 2.67 bits per heavy atom. The Morgan fingerprint density at radius 2 is 2.04 bits per heavy atom. The van der Waals surface area contributed by atoms with E-state index in [2.05, 4.69) is 5.32 Å². The summed E-state index contributed by atoms with van der Waals surface area (Å²) in [5.41, 5.74) is 0.114. The number of rotatable bonds is 3. The van der Waals surface area contributed by atoms with Crippen molar-refractivity contribution in [3.8, 4) is 5.75 Å². The fourth-order valence-electron chi connectivity index (χ4n) is 2.86. The molecule has 0 spiro atoms. The van der Waals surface area contributed by atoms with Gasteiger partial charge in [0.25, 0.3) is 0 Å². The van der Waals surface area contributed by atoms with Crippen molar-refractivity contribution >= 4 is 29.1 Å². The second-order valence-electron chi connectivity index (χ2n) is 7.17. The molecule has 1 atom stereocenters. The van der Waals surface area contributed by atoms with Gasteiger partial charge in [0.05, 0.1) is 18.7 Å². The molecule has 2 amide bonds. The van der Waals surface area contributed by atoms with Crippen LogP contribution in [0.1, 0.15) is 33.6 Å². The molecular weight excluding hydrogens is 328 g/mol. The normalized spacial score (nSPS) is 18.2. The van der Waals surface area contributed by atoms with Crippen molar-refractivity contribution in [2.45, 2.75) is 33.6 Å². The van der Waals surface area contributed by atoms with E-state index in [4.69, 9.17) is 16.3 Å². The van der Waals surface area contributed by atoms with E-state index in [0.717, 1.165) is 12.8 Å². The van der Waals surface area contributed by atoms with Crippen LogP contribution in [0, 0.1) is 11.3 Å². The summed E-state index contributed by atoms with van der Waals surface area (Å²) >= 11 is 6.00. The van der Waals surface area contributed by atoms with Crippen molar-refractivity contribution < 1.29 is 14.3 Å². The molecule has 0 radical (unpaired) electrons. The van der Waals surface area contributed by atoms with Crippen LogP contribution in [0.15, 0.2) is 18.2 Å². The SMILES string of the molecule is COc1ccc(Cl)cc1NC(=O)C1CCCN(C(=O)C(C)(C)C)C1. The summed E-state index contributed by atoms with van der Waals surface area (Å²) in [6.07, 6.45) is 1.59. The summed E-state index contributed by atoms with van der Waals surface area (Å²) in [5.74, 6) is 0.308. The monoisotopic (exact) mass is 352 g/mol. The number of nitrogens with zero attached hydrogens (tertiary/aromatic N) is 1. The Hall–Kier alpha value is -1.75. The van der Waals surface area contributed by atoms with E-state index in [1.807, 2.05) is 20.8 Å². The molecule has 2 rings (SSSR count). The Bertz CT molecular complexity index is 625.